The number of rotatable bonds is 4. The Hall–Kier alpha value is -1.65. The van der Waals surface area contributed by atoms with Crippen LogP contribution >= 0.6 is 0 Å². The van der Waals surface area contributed by atoms with E-state index in [1.165, 1.54) is 6.07 Å². The van der Waals surface area contributed by atoms with Crippen LogP contribution in [-0.4, -0.2) is 12.5 Å². The van der Waals surface area contributed by atoms with Gasteiger partial charge >= 0.3 is 0 Å². The molecular weight excluding hydrogens is 204 g/mol. The Kier molecular flexibility index (Phi) is 3.60. The number of halogens is 2. The Labute approximate surface area is 85.8 Å². The molecule has 1 unspecified atom stereocenters. The predicted molar refractivity (Wildman–Crippen MR) is 50.2 cm³/mol. The van der Waals surface area contributed by atoms with Crippen molar-refractivity contribution in [2.45, 2.75) is 6.92 Å². The minimum Gasteiger partial charge on any atom is -0.490 e. The number of carbonyl (C=O) groups is 1. The summed E-state index contributed by atoms with van der Waals surface area (Å²) in [6.07, 6.45) is 0. The SMILES string of the molecule is CC(COc1ccc(F)cc1F)C(N)=O. The summed E-state index contributed by atoms with van der Waals surface area (Å²) in [4.78, 5) is 10.6. The Bertz CT molecular complexity index is 368. The van der Waals surface area contributed by atoms with Crippen LogP contribution in [0.2, 0.25) is 0 Å². The summed E-state index contributed by atoms with van der Waals surface area (Å²) in [5, 5.41) is 0. The Balaban J connectivity index is 2.62. The Morgan fingerprint density at radius 3 is 2.73 bits per heavy atom. The lowest BCUT2D eigenvalue weighted by Gasteiger charge is -2.10. The molecule has 0 saturated heterocycles. The first-order valence-electron chi connectivity index (χ1n) is 4.38. The van der Waals surface area contributed by atoms with Crippen LogP contribution in [0.1, 0.15) is 6.92 Å². The number of nitrogens with two attached hydrogens (primary N) is 1. The maximum absolute atomic E-state index is 13.0. The summed E-state index contributed by atoms with van der Waals surface area (Å²) in [6, 6.07) is 2.95. The van der Waals surface area contributed by atoms with Crippen LogP contribution < -0.4 is 10.5 Å². The van der Waals surface area contributed by atoms with Crippen LogP contribution in [0, 0.1) is 17.6 Å². The van der Waals surface area contributed by atoms with Gasteiger partial charge in [0.15, 0.2) is 11.6 Å². The van der Waals surface area contributed by atoms with Crippen molar-refractivity contribution in [3.05, 3.63) is 29.8 Å². The quantitative estimate of drug-likeness (QED) is 0.826. The highest BCUT2D eigenvalue weighted by molar-refractivity contribution is 5.76. The van der Waals surface area contributed by atoms with Crippen molar-refractivity contribution in [3.63, 3.8) is 0 Å². The number of hydrogen-bond acceptors (Lipinski definition) is 2. The highest BCUT2D eigenvalue weighted by Crippen LogP contribution is 2.18. The summed E-state index contributed by atoms with van der Waals surface area (Å²) in [5.41, 5.74) is 4.99. The summed E-state index contributed by atoms with van der Waals surface area (Å²) in [7, 11) is 0. The highest BCUT2D eigenvalue weighted by Gasteiger charge is 2.11. The van der Waals surface area contributed by atoms with Gasteiger partial charge in [-0.15, -0.1) is 0 Å². The van der Waals surface area contributed by atoms with E-state index < -0.39 is 23.5 Å². The first-order chi connectivity index (χ1) is 7.00. The molecule has 2 N–H and O–H groups in total. The zero-order chi connectivity index (χ0) is 11.4. The van der Waals surface area contributed by atoms with Gasteiger partial charge in [0.25, 0.3) is 0 Å². The fraction of sp³-hybridized carbons (Fsp3) is 0.300. The summed E-state index contributed by atoms with van der Waals surface area (Å²) in [5.74, 6) is -2.62. The molecule has 0 bridgehead atoms. The van der Waals surface area contributed by atoms with E-state index in [0.29, 0.717) is 6.07 Å². The van der Waals surface area contributed by atoms with Gasteiger partial charge in [-0.25, -0.2) is 8.78 Å². The van der Waals surface area contributed by atoms with Crippen LogP contribution in [0.25, 0.3) is 0 Å². The standard InChI is InChI=1S/C10H11F2NO2/c1-6(10(13)14)5-15-9-3-2-7(11)4-8(9)12/h2-4,6H,5H2,1H3,(H2,13,14). The zero-order valence-corrected chi connectivity index (χ0v) is 8.17. The fourth-order valence-corrected chi connectivity index (χ4v) is 0.889. The number of benzene rings is 1. The number of hydrogen-bond donors (Lipinski definition) is 1. The van der Waals surface area contributed by atoms with Crippen molar-refractivity contribution in [1.82, 2.24) is 0 Å². The molecule has 1 rings (SSSR count). The molecule has 0 aliphatic carbocycles. The van der Waals surface area contributed by atoms with E-state index in [9.17, 15) is 13.6 Å². The lowest BCUT2D eigenvalue weighted by atomic mass is 10.2. The van der Waals surface area contributed by atoms with Crippen molar-refractivity contribution < 1.29 is 18.3 Å². The van der Waals surface area contributed by atoms with Gasteiger partial charge in [0, 0.05) is 6.07 Å². The second kappa shape index (κ2) is 4.72. The maximum Gasteiger partial charge on any atom is 0.223 e. The smallest absolute Gasteiger partial charge is 0.223 e. The molecule has 5 heteroatoms. The first kappa shape index (κ1) is 11.4. The second-order valence-electron chi connectivity index (χ2n) is 3.19. The second-order valence-corrected chi connectivity index (χ2v) is 3.19. The van der Waals surface area contributed by atoms with Gasteiger partial charge in [-0.3, -0.25) is 4.79 Å². The average Bonchev–Trinajstić information content (AvgIpc) is 2.15. The number of amides is 1. The fourth-order valence-electron chi connectivity index (χ4n) is 0.889. The number of carbonyl (C=O) groups excluding carboxylic acids is 1. The third-order valence-corrected chi connectivity index (χ3v) is 1.87. The lowest BCUT2D eigenvalue weighted by Crippen LogP contribution is -2.25. The van der Waals surface area contributed by atoms with E-state index in [4.69, 9.17) is 10.5 Å². The van der Waals surface area contributed by atoms with Crippen LogP contribution in [0.15, 0.2) is 18.2 Å². The molecule has 0 fully saturated rings. The summed E-state index contributed by atoms with van der Waals surface area (Å²) < 4.78 is 30.5. The van der Waals surface area contributed by atoms with E-state index in [1.54, 1.807) is 6.92 Å². The Morgan fingerprint density at radius 1 is 1.53 bits per heavy atom. The molecule has 1 aromatic carbocycles. The lowest BCUT2D eigenvalue weighted by molar-refractivity contribution is -0.122. The summed E-state index contributed by atoms with van der Waals surface area (Å²) >= 11 is 0. The normalized spacial score (nSPS) is 12.2. The third-order valence-electron chi connectivity index (χ3n) is 1.87. The molecule has 1 atom stereocenters. The number of ether oxygens (including phenoxy) is 1. The number of primary amides is 1. The van der Waals surface area contributed by atoms with Crippen molar-refractivity contribution in [1.29, 1.82) is 0 Å². The monoisotopic (exact) mass is 215 g/mol. The van der Waals surface area contributed by atoms with Crippen LogP contribution in [-0.2, 0) is 4.79 Å². The van der Waals surface area contributed by atoms with E-state index in [-0.39, 0.29) is 12.4 Å². The van der Waals surface area contributed by atoms with Crippen LogP contribution in [0.3, 0.4) is 0 Å². The first-order valence-corrected chi connectivity index (χ1v) is 4.38. The van der Waals surface area contributed by atoms with E-state index in [1.807, 2.05) is 0 Å². The minimum atomic E-state index is -0.799. The van der Waals surface area contributed by atoms with Gasteiger partial charge in [-0.05, 0) is 12.1 Å². The topological polar surface area (TPSA) is 52.3 Å². The van der Waals surface area contributed by atoms with Crippen molar-refractivity contribution >= 4 is 5.91 Å². The zero-order valence-electron chi connectivity index (χ0n) is 8.17. The molecular formula is C10H11F2NO2. The predicted octanol–water partition coefficient (Wildman–Crippen LogP) is 1.46. The van der Waals surface area contributed by atoms with Gasteiger partial charge in [0.1, 0.15) is 5.82 Å². The molecule has 82 valence electrons. The van der Waals surface area contributed by atoms with Gasteiger partial charge in [0.05, 0.1) is 12.5 Å². The molecule has 0 aliphatic heterocycles. The van der Waals surface area contributed by atoms with Gasteiger partial charge in [-0.2, -0.15) is 0 Å². The van der Waals surface area contributed by atoms with Crippen LogP contribution in [0.4, 0.5) is 8.78 Å². The molecule has 0 spiro atoms. The van der Waals surface area contributed by atoms with E-state index in [0.717, 1.165) is 6.07 Å². The van der Waals surface area contributed by atoms with Gasteiger partial charge < -0.3 is 10.5 Å². The Morgan fingerprint density at radius 2 is 2.20 bits per heavy atom. The summed E-state index contributed by atoms with van der Waals surface area (Å²) in [6.45, 7) is 1.53. The van der Waals surface area contributed by atoms with Gasteiger partial charge in [0.2, 0.25) is 5.91 Å². The highest BCUT2D eigenvalue weighted by atomic mass is 19.1. The molecule has 3 nitrogen and oxygen atoms in total. The minimum absolute atomic E-state index is 0.0299. The molecule has 1 amide bonds. The third kappa shape index (κ3) is 3.19. The van der Waals surface area contributed by atoms with Crippen molar-refractivity contribution in [2.24, 2.45) is 11.7 Å². The van der Waals surface area contributed by atoms with E-state index >= 15 is 0 Å². The van der Waals surface area contributed by atoms with E-state index in [2.05, 4.69) is 0 Å². The van der Waals surface area contributed by atoms with Crippen molar-refractivity contribution in [3.8, 4) is 5.75 Å². The molecule has 0 saturated carbocycles. The molecule has 1 aromatic rings. The molecule has 15 heavy (non-hydrogen) atoms. The molecule has 0 aliphatic rings. The molecule has 0 heterocycles. The van der Waals surface area contributed by atoms with Crippen LogP contribution in [0.5, 0.6) is 5.75 Å². The maximum atomic E-state index is 13.0. The largest absolute Gasteiger partial charge is 0.490 e. The molecule has 0 radical (unpaired) electrons. The van der Waals surface area contributed by atoms with Crippen molar-refractivity contribution in [2.75, 3.05) is 6.61 Å². The average molecular weight is 215 g/mol. The van der Waals surface area contributed by atoms with Gasteiger partial charge in [-0.1, -0.05) is 6.92 Å². The molecule has 0 aromatic heterocycles.